The molecule has 7 aromatic carbocycles. The first-order valence-corrected chi connectivity index (χ1v) is 19.6. The van der Waals surface area contributed by atoms with Crippen molar-refractivity contribution in [3.05, 3.63) is 173 Å². The number of benzene rings is 7. The second kappa shape index (κ2) is 12.1. The fraction of sp³-hybridized carbons (Fsp3) is 0.192. The van der Waals surface area contributed by atoms with Crippen LogP contribution in [0.1, 0.15) is 75.3 Å². The van der Waals surface area contributed by atoms with E-state index in [-0.39, 0.29) is 10.8 Å². The van der Waals surface area contributed by atoms with E-state index in [1.807, 2.05) is 12.1 Å². The van der Waals surface area contributed by atoms with Gasteiger partial charge in [0.1, 0.15) is 11.2 Å². The number of rotatable bonds is 7. The molecule has 54 heavy (non-hydrogen) atoms. The Bertz CT molecular complexity index is 2760. The average Bonchev–Trinajstić information content (AvgIpc) is 3.76. The Hall–Kier alpha value is -5.86. The summed E-state index contributed by atoms with van der Waals surface area (Å²) < 4.78 is 6.14. The van der Waals surface area contributed by atoms with Gasteiger partial charge in [0.25, 0.3) is 0 Å². The van der Waals surface area contributed by atoms with Crippen LogP contribution in [0.25, 0.3) is 55.3 Å². The van der Waals surface area contributed by atoms with Gasteiger partial charge < -0.3 is 9.32 Å². The molecule has 8 aromatic rings. The summed E-state index contributed by atoms with van der Waals surface area (Å²) in [5.41, 5.74) is 19.9. The summed E-state index contributed by atoms with van der Waals surface area (Å²) in [6.45, 7) is 11.8. The molecule has 2 aliphatic rings. The predicted octanol–water partition coefficient (Wildman–Crippen LogP) is 14.7. The number of aryl methyl sites for hydroxylation is 1. The Morgan fingerprint density at radius 3 is 1.74 bits per heavy atom. The molecule has 1 heterocycles. The van der Waals surface area contributed by atoms with Gasteiger partial charge in [-0.2, -0.15) is 0 Å². The molecule has 10 rings (SSSR count). The Kier molecular flexibility index (Phi) is 7.33. The van der Waals surface area contributed by atoms with Crippen LogP contribution in [-0.2, 0) is 17.3 Å². The van der Waals surface area contributed by atoms with Crippen molar-refractivity contribution < 1.29 is 4.42 Å². The number of hydrogen-bond donors (Lipinski definition) is 0. The number of furan rings is 1. The largest absolute Gasteiger partial charge is 0.456 e. The van der Waals surface area contributed by atoms with E-state index < -0.39 is 0 Å². The summed E-state index contributed by atoms with van der Waals surface area (Å²) in [5, 5.41) is 2.30. The van der Waals surface area contributed by atoms with Crippen LogP contribution in [0.3, 0.4) is 0 Å². The normalized spacial score (nSPS) is 14.5. The molecular formula is C52H45NO. The number of unbranched alkanes of at least 4 members (excludes halogenated alkanes) is 1. The second-order valence-corrected chi connectivity index (χ2v) is 16.4. The van der Waals surface area contributed by atoms with Crippen molar-refractivity contribution in [2.45, 2.75) is 64.7 Å². The Morgan fingerprint density at radius 2 is 1.02 bits per heavy atom. The van der Waals surface area contributed by atoms with E-state index in [2.05, 4.69) is 173 Å². The quantitative estimate of drug-likeness (QED) is 0.165. The van der Waals surface area contributed by atoms with E-state index in [9.17, 15) is 0 Å². The lowest BCUT2D eigenvalue weighted by Gasteiger charge is -2.30. The van der Waals surface area contributed by atoms with E-state index in [1.165, 1.54) is 85.4 Å². The number of para-hydroxylation sites is 1. The molecule has 0 amide bonds. The Morgan fingerprint density at radius 1 is 0.463 bits per heavy atom. The van der Waals surface area contributed by atoms with Gasteiger partial charge in [-0.05, 0) is 129 Å². The maximum absolute atomic E-state index is 6.14. The standard InChI is InChI=1S/C52H45NO/c1-6-7-12-33-17-25-40-42-27-24-38(32-48(42)52(4,5)46(40)29-33)53(37-23-26-41-39-13-8-10-15-45(39)51(2,3)47(41)31-37)36-21-18-34(19-22-36)35-20-28-50-44(30-35)43-14-9-11-16-49(43)54-50/h8-11,13-32H,6-7,12H2,1-5H3. The zero-order valence-electron chi connectivity index (χ0n) is 31.8. The summed E-state index contributed by atoms with van der Waals surface area (Å²) in [6, 6.07) is 54.3. The SMILES string of the molecule is CCCCc1ccc2c(c1)C(C)(C)c1cc(N(c3ccc(-c4ccc5oc6ccccc6c5c4)cc3)c3ccc4c(c3)C(C)(C)c3ccccc3-4)ccc1-2. The average molecular weight is 700 g/mol. The lowest BCUT2D eigenvalue weighted by molar-refractivity contribution is 0.658. The van der Waals surface area contributed by atoms with Crippen molar-refractivity contribution in [2.75, 3.05) is 4.90 Å². The summed E-state index contributed by atoms with van der Waals surface area (Å²) in [7, 11) is 0. The number of anilines is 3. The topological polar surface area (TPSA) is 16.4 Å². The number of hydrogen-bond acceptors (Lipinski definition) is 2. The van der Waals surface area contributed by atoms with Crippen LogP contribution < -0.4 is 4.90 Å². The molecule has 0 atom stereocenters. The first-order valence-electron chi connectivity index (χ1n) is 19.6. The smallest absolute Gasteiger partial charge is 0.135 e. The summed E-state index contributed by atoms with van der Waals surface area (Å²) in [6.07, 6.45) is 3.57. The third-order valence-electron chi connectivity index (χ3n) is 12.5. The van der Waals surface area contributed by atoms with Crippen LogP contribution in [-0.4, -0.2) is 0 Å². The monoisotopic (exact) mass is 699 g/mol. The van der Waals surface area contributed by atoms with E-state index in [1.54, 1.807) is 0 Å². The van der Waals surface area contributed by atoms with Crippen molar-refractivity contribution in [1.29, 1.82) is 0 Å². The Labute approximate surface area is 318 Å². The minimum Gasteiger partial charge on any atom is -0.456 e. The molecule has 0 bridgehead atoms. The molecule has 1 aromatic heterocycles. The minimum absolute atomic E-state index is 0.0928. The third-order valence-corrected chi connectivity index (χ3v) is 12.5. The van der Waals surface area contributed by atoms with E-state index in [0.717, 1.165) is 34.0 Å². The zero-order chi connectivity index (χ0) is 36.8. The van der Waals surface area contributed by atoms with Gasteiger partial charge in [-0.15, -0.1) is 0 Å². The van der Waals surface area contributed by atoms with E-state index in [4.69, 9.17) is 4.42 Å². The fourth-order valence-electron chi connectivity index (χ4n) is 9.44. The number of fused-ring (bicyclic) bond motifs is 9. The molecule has 0 fully saturated rings. The van der Waals surface area contributed by atoms with Gasteiger partial charge in [-0.1, -0.05) is 132 Å². The molecule has 2 nitrogen and oxygen atoms in total. The molecule has 0 saturated carbocycles. The van der Waals surface area contributed by atoms with Crippen LogP contribution in [0.2, 0.25) is 0 Å². The zero-order valence-corrected chi connectivity index (χ0v) is 31.8. The van der Waals surface area contributed by atoms with Gasteiger partial charge in [0, 0.05) is 38.7 Å². The van der Waals surface area contributed by atoms with Crippen molar-refractivity contribution >= 4 is 39.0 Å². The first-order chi connectivity index (χ1) is 26.2. The lowest BCUT2D eigenvalue weighted by Crippen LogP contribution is -2.18. The molecule has 0 N–H and O–H groups in total. The molecule has 264 valence electrons. The van der Waals surface area contributed by atoms with Gasteiger partial charge >= 0.3 is 0 Å². The lowest BCUT2D eigenvalue weighted by atomic mass is 9.81. The highest BCUT2D eigenvalue weighted by Gasteiger charge is 2.38. The molecule has 0 saturated heterocycles. The van der Waals surface area contributed by atoms with Crippen molar-refractivity contribution in [2.24, 2.45) is 0 Å². The van der Waals surface area contributed by atoms with Crippen LogP contribution in [0.5, 0.6) is 0 Å². The highest BCUT2D eigenvalue weighted by Crippen LogP contribution is 2.53. The van der Waals surface area contributed by atoms with Gasteiger partial charge in [-0.3, -0.25) is 0 Å². The predicted molar refractivity (Wildman–Crippen MR) is 228 cm³/mol. The fourth-order valence-corrected chi connectivity index (χ4v) is 9.44. The third kappa shape index (κ3) is 4.93. The molecular weight excluding hydrogens is 655 g/mol. The molecule has 2 heteroatoms. The van der Waals surface area contributed by atoms with Gasteiger partial charge in [0.05, 0.1) is 0 Å². The summed E-state index contributed by atoms with van der Waals surface area (Å²) >= 11 is 0. The molecule has 2 aliphatic carbocycles. The maximum atomic E-state index is 6.14. The summed E-state index contributed by atoms with van der Waals surface area (Å²) in [5.74, 6) is 0. The van der Waals surface area contributed by atoms with Gasteiger partial charge in [0.15, 0.2) is 0 Å². The summed E-state index contributed by atoms with van der Waals surface area (Å²) in [4.78, 5) is 2.46. The van der Waals surface area contributed by atoms with E-state index >= 15 is 0 Å². The Balaban J connectivity index is 1.09. The minimum atomic E-state index is -0.101. The van der Waals surface area contributed by atoms with Crippen molar-refractivity contribution in [3.63, 3.8) is 0 Å². The first kappa shape index (κ1) is 32.8. The molecule has 0 aliphatic heterocycles. The molecule has 0 radical (unpaired) electrons. The molecule has 0 unspecified atom stereocenters. The number of nitrogens with zero attached hydrogens (tertiary/aromatic N) is 1. The highest BCUT2D eigenvalue weighted by atomic mass is 16.3. The maximum Gasteiger partial charge on any atom is 0.135 e. The van der Waals surface area contributed by atoms with Crippen molar-refractivity contribution in [3.8, 4) is 33.4 Å². The second-order valence-electron chi connectivity index (χ2n) is 16.4. The highest BCUT2D eigenvalue weighted by molar-refractivity contribution is 6.06. The van der Waals surface area contributed by atoms with Crippen LogP contribution >= 0.6 is 0 Å². The van der Waals surface area contributed by atoms with Crippen LogP contribution in [0, 0.1) is 0 Å². The van der Waals surface area contributed by atoms with Crippen LogP contribution in [0.15, 0.2) is 150 Å². The van der Waals surface area contributed by atoms with Gasteiger partial charge in [0.2, 0.25) is 0 Å². The molecule has 0 spiro atoms. The van der Waals surface area contributed by atoms with Gasteiger partial charge in [-0.25, -0.2) is 0 Å². The van der Waals surface area contributed by atoms with Crippen LogP contribution in [0.4, 0.5) is 17.1 Å². The van der Waals surface area contributed by atoms with Crippen molar-refractivity contribution in [1.82, 2.24) is 0 Å². The van der Waals surface area contributed by atoms with E-state index in [0.29, 0.717) is 0 Å².